The van der Waals surface area contributed by atoms with Gasteiger partial charge in [0, 0.05) is 25.2 Å². The van der Waals surface area contributed by atoms with E-state index in [2.05, 4.69) is 84.7 Å². The molecule has 0 radical (unpaired) electrons. The second kappa shape index (κ2) is 10.1. The van der Waals surface area contributed by atoms with Gasteiger partial charge in [0.25, 0.3) is 6.47 Å². The van der Waals surface area contributed by atoms with Gasteiger partial charge in [-0.05, 0) is 36.9 Å². The van der Waals surface area contributed by atoms with E-state index >= 15 is 0 Å². The minimum absolute atomic E-state index is 0.250. The van der Waals surface area contributed by atoms with E-state index in [-0.39, 0.29) is 6.47 Å². The van der Waals surface area contributed by atoms with E-state index in [1.807, 2.05) is 0 Å². The van der Waals surface area contributed by atoms with Crippen molar-refractivity contribution in [1.82, 2.24) is 10.2 Å². The Kier molecular flexibility index (Phi) is 7.82. The Balaban J connectivity index is 0.000000758. The molecule has 0 spiro atoms. The Hall–Kier alpha value is -2.17. The summed E-state index contributed by atoms with van der Waals surface area (Å²) in [4.78, 5) is 11.0. The Labute approximate surface area is 156 Å². The van der Waals surface area contributed by atoms with Gasteiger partial charge in [-0.3, -0.25) is 9.69 Å². The highest BCUT2D eigenvalue weighted by Gasteiger charge is 2.46. The molecule has 2 aromatic rings. The highest BCUT2D eigenvalue weighted by Crippen LogP contribution is 2.39. The van der Waals surface area contributed by atoms with Crippen molar-refractivity contribution in [2.24, 2.45) is 5.92 Å². The fraction of sp³-hybridized carbons (Fsp3) is 0.409. The van der Waals surface area contributed by atoms with Crippen LogP contribution in [0.25, 0.3) is 0 Å². The van der Waals surface area contributed by atoms with Crippen molar-refractivity contribution in [3.8, 4) is 0 Å². The molecule has 26 heavy (non-hydrogen) atoms. The highest BCUT2D eigenvalue weighted by atomic mass is 16.3. The molecule has 2 aromatic carbocycles. The summed E-state index contributed by atoms with van der Waals surface area (Å²) in [6.45, 7) is 8.88. The quantitative estimate of drug-likeness (QED) is 0.587. The van der Waals surface area contributed by atoms with Crippen LogP contribution in [0.15, 0.2) is 60.7 Å². The number of benzene rings is 2. The van der Waals surface area contributed by atoms with Gasteiger partial charge in [-0.2, -0.15) is 0 Å². The Morgan fingerprint density at radius 1 is 1.12 bits per heavy atom. The van der Waals surface area contributed by atoms with Crippen LogP contribution in [0.1, 0.15) is 31.4 Å². The molecule has 1 aliphatic heterocycles. The fourth-order valence-corrected chi connectivity index (χ4v) is 3.56. The third-order valence-corrected chi connectivity index (χ3v) is 5.47. The summed E-state index contributed by atoms with van der Waals surface area (Å²) in [6.07, 6.45) is 1.20. The van der Waals surface area contributed by atoms with Gasteiger partial charge in [-0.1, -0.05) is 67.6 Å². The average molecular weight is 354 g/mol. The van der Waals surface area contributed by atoms with Crippen LogP contribution in [0.3, 0.4) is 0 Å². The van der Waals surface area contributed by atoms with E-state index in [0.717, 1.165) is 25.6 Å². The number of carbonyl (C=O) groups is 1. The molecule has 0 bridgehead atoms. The topological polar surface area (TPSA) is 52.6 Å². The van der Waals surface area contributed by atoms with Crippen molar-refractivity contribution >= 4 is 6.47 Å². The summed E-state index contributed by atoms with van der Waals surface area (Å²) in [5.41, 5.74) is 3.10. The lowest BCUT2D eigenvalue weighted by atomic mass is 9.74. The van der Waals surface area contributed by atoms with E-state index in [1.54, 1.807) is 0 Å². The molecule has 0 saturated carbocycles. The van der Waals surface area contributed by atoms with Gasteiger partial charge in [0.15, 0.2) is 0 Å². The fourth-order valence-electron chi connectivity index (χ4n) is 3.56. The summed E-state index contributed by atoms with van der Waals surface area (Å²) in [6, 6.07) is 21.5. The van der Waals surface area contributed by atoms with Crippen LogP contribution in [0.5, 0.6) is 0 Å². The molecule has 1 saturated heterocycles. The molecule has 1 aliphatic rings. The van der Waals surface area contributed by atoms with Gasteiger partial charge in [0.2, 0.25) is 0 Å². The molecular formula is C22H30N2O2. The minimum atomic E-state index is -0.250. The minimum Gasteiger partial charge on any atom is -0.483 e. The Morgan fingerprint density at radius 3 is 2.19 bits per heavy atom. The zero-order valence-corrected chi connectivity index (χ0v) is 15.8. The van der Waals surface area contributed by atoms with Gasteiger partial charge >= 0.3 is 0 Å². The first-order valence-electron chi connectivity index (χ1n) is 9.21. The second-order valence-electron chi connectivity index (χ2n) is 7.14. The van der Waals surface area contributed by atoms with Crippen LogP contribution in [0, 0.1) is 5.92 Å². The predicted octanol–water partition coefficient (Wildman–Crippen LogP) is 3.78. The zero-order chi connectivity index (χ0) is 18.8. The summed E-state index contributed by atoms with van der Waals surface area (Å²) in [5, 5.41) is 10.5. The predicted molar refractivity (Wildman–Crippen MR) is 106 cm³/mol. The largest absolute Gasteiger partial charge is 0.483 e. The third-order valence-electron chi connectivity index (χ3n) is 5.47. The lowest BCUT2D eigenvalue weighted by Gasteiger charge is -2.56. The normalized spacial score (nSPS) is 22.0. The molecule has 1 heterocycles. The monoisotopic (exact) mass is 354 g/mol. The van der Waals surface area contributed by atoms with E-state index in [0.29, 0.717) is 5.54 Å². The SMILES string of the molecule is C[C@H]1CN(Cc2ccccc2)[C@]1(C)CCNCc1ccccc1.O=CO. The van der Waals surface area contributed by atoms with Crippen LogP contribution in [0.2, 0.25) is 0 Å². The van der Waals surface area contributed by atoms with Gasteiger partial charge in [0.1, 0.15) is 0 Å². The van der Waals surface area contributed by atoms with E-state index < -0.39 is 0 Å². The van der Waals surface area contributed by atoms with Crippen LogP contribution in [-0.4, -0.2) is 35.1 Å². The van der Waals surface area contributed by atoms with Crippen LogP contribution in [-0.2, 0) is 17.9 Å². The molecule has 4 nitrogen and oxygen atoms in total. The molecule has 0 amide bonds. The molecule has 2 N–H and O–H groups in total. The number of hydrogen-bond acceptors (Lipinski definition) is 3. The first kappa shape index (κ1) is 20.1. The van der Waals surface area contributed by atoms with Crippen molar-refractivity contribution in [1.29, 1.82) is 0 Å². The van der Waals surface area contributed by atoms with Crippen molar-refractivity contribution in [2.75, 3.05) is 13.1 Å². The maximum Gasteiger partial charge on any atom is 0.290 e. The first-order chi connectivity index (χ1) is 12.6. The molecule has 4 heteroatoms. The van der Waals surface area contributed by atoms with Crippen LogP contribution in [0.4, 0.5) is 0 Å². The lowest BCUT2D eigenvalue weighted by molar-refractivity contribution is -0.122. The molecule has 0 aliphatic carbocycles. The third kappa shape index (κ3) is 5.41. The van der Waals surface area contributed by atoms with Gasteiger partial charge in [-0.25, -0.2) is 0 Å². The Morgan fingerprint density at radius 2 is 1.65 bits per heavy atom. The maximum absolute atomic E-state index is 8.36. The van der Waals surface area contributed by atoms with Crippen molar-refractivity contribution in [3.63, 3.8) is 0 Å². The van der Waals surface area contributed by atoms with Gasteiger partial charge < -0.3 is 10.4 Å². The van der Waals surface area contributed by atoms with Crippen LogP contribution < -0.4 is 5.32 Å². The summed E-state index contributed by atoms with van der Waals surface area (Å²) >= 11 is 0. The first-order valence-corrected chi connectivity index (χ1v) is 9.21. The van der Waals surface area contributed by atoms with Crippen molar-refractivity contribution in [3.05, 3.63) is 71.8 Å². The lowest BCUT2D eigenvalue weighted by Crippen LogP contribution is -2.64. The molecule has 0 unspecified atom stereocenters. The summed E-state index contributed by atoms with van der Waals surface area (Å²) < 4.78 is 0. The number of carboxylic acid groups (broad SMARTS) is 1. The summed E-state index contributed by atoms with van der Waals surface area (Å²) in [7, 11) is 0. The molecule has 140 valence electrons. The average Bonchev–Trinajstić information content (AvgIpc) is 2.67. The van der Waals surface area contributed by atoms with Crippen molar-refractivity contribution in [2.45, 2.75) is 38.9 Å². The smallest absolute Gasteiger partial charge is 0.290 e. The highest BCUT2D eigenvalue weighted by molar-refractivity contribution is 5.32. The molecule has 2 atom stereocenters. The number of hydrogen-bond donors (Lipinski definition) is 2. The summed E-state index contributed by atoms with van der Waals surface area (Å²) in [5.74, 6) is 0.768. The number of rotatable bonds is 7. The zero-order valence-electron chi connectivity index (χ0n) is 15.8. The van der Waals surface area contributed by atoms with Crippen LogP contribution >= 0.6 is 0 Å². The number of likely N-dealkylation sites (tertiary alicyclic amines) is 1. The standard InChI is InChI=1S/C21H28N2.CH2O2/c1-18-16-23(17-20-11-7-4-8-12-20)21(18,2)13-14-22-15-19-9-5-3-6-10-19;2-1-3/h3-12,18,22H,13-17H2,1-2H3;1H,(H,2,3)/t18-,21+;/m0./s1. The number of nitrogens with one attached hydrogen (secondary N) is 1. The maximum atomic E-state index is 8.36. The molecule has 0 aromatic heterocycles. The van der Waals surface area contributed by atoms with E-state index in [4.69, 9.17) is 9.90 Å². The molecule has 1 fully saturated rings. The van der Waals surface area contributed by atoms with Gasteiger partial charge in [0.05, 0.1) is 0 Å². The van der Waals surface area contributed by atoms with E-state index in [1.165, 1.54) is 24.1 Å². The Bertz CT molecular complexity index is 648. The van der Waals surface area contributed by atoms with E-state index in [9.17, 15) is 0 Å². The van der Waals surface area contributed by atoms with Gasteiger partial charge in [-0.15, -0.1) is 0 Å². The van der Waals surface area contributed by atoms with Crippen molar-refractivity contribution < 1.29 is 9.90 Å². The second-order valence-corrected chi connectivity index (χ2v) is 7.14. The number of nitrogens with zero attached hydrogens (tertiary/aromatic N) is 1. The molecular weight excluding hydrogens is 324 g/mol. The molecule has 3 rings (SSSR count).